The number of benzene rings is 1. The summed E-state index contributed by atoms with van der Waals surface area (Å²) in [6.45, 7) is 10.1. The van der Waals surface area contributed by atoms with E-state index in [9.17, 15) is 0 Å². The SMILES string of the molecule is CCCNC(c1ccc(CC)cc1)C(C)CC. The van der Waals surface area contributed by atoms with Crippen molar-refractivity contribution in [3.05, 3.63) is 35.4 Å². The van der Waals surface area contributed by atoms with Crippen molar-refractivity contribution in [2.75, 3.05) is 6.54 Å². The van der Waals surface area contributed by atoms with E-state index >= 15 is 0 Å². The molecular weight excluding hydrogens is 206 g/mol. The third kappa shape index (κ3) is 4.16. The Balaban J connectivity index is 2.79. The van der Waals surface area contributed by atoms with Crippen LogP contribution in [-0.4, -0.2) is 6.54 Å². The van der Waals surface area contributed by atoms with Crippen molar-refractivity contribution in [1.29, 1.82) is 0 Å². The number of aryl methyl sites for hydroxylation is 1. The zero-order valence-electron chi connectivity index (χ0n) is 11.8. The van der Waals surface area contributed by atoms with E-state index in [2.05, 4.69) is 57.3 Å². The summed E-state index contributed by atoms with van der Waals surface area (Å²) < 4.78 is 0. The molecule has 0 aromatic heterocycles. The summed E-state index contributed by atoms with van der Waals surface area (Å²) >= 11 is 0. The van der Waals surface area contributed by atoms with Crippen LogP contribution in [0.4, 0.5) is 0 Å². The van der Waals surface area contributed by atoms with Gasteiger partial charge in [-0.3, -0.25) is 0 Å². The zero-order chi connectivity index (χ0) is 12.7. The largest absolute Gasteiger partial charge is 0.310 e. The van der Waals surface area contributed by atoms with Gasteiger partial charge in [0.1, 0.15) is 0 Å². The fourth-order valence-corrected chi connectivity index (χ4v) is 2.14. The first kappa shape index (κ1) is 14.2. The van der Waals surface area contributed by atoms with Gasteiger partial charge in [0.25, 0.3) is 0 Å². The van der Waals surface area contributed by atoms with Crippen molar-refractivity contribution < 1.29 is 0 Å². The van der Waals surface area contributed by atoms with Gasteiger partial charge < -0.3 is 5.32 Å². The lowest BCUT2D eigenvalue weighted by molar-refractivity contribution is 0.377. The van der Waals surface area contributed by atoms with E-state index in [1.807, 2.05) is 0 Å². The second kappa shape index (κ2) is 7.50. The van der Waals surface area contributed by atoms with Gasteiger partial charge in [-0.25, -0.2) is 0 Å². The van der Waals surface area contributed by atoms with Gasteiger partial charge in [0, 0.05) is 6.04 Å². The molecular formula is C16H27N. The van der Waals surface area contributed by atoms with Crippen molar-refractivity contribution in [3.63, 3.8) is 0 Å². The Hall–Kier alpha value is -0.820. The third-order valence-electron chi connectivity index (χ3n) is 3.57. The summed E-state index contributed by atoms with van der Waals surface area (Å²) in [6, 6.07) is 9.61. The number of rotatable bonds is 7. The molecule has 1 nitrogen and oxygen atoms in total. The van der Waals surface area contributed by atoms with Crippen LogP contribution in [0, 0.1) is 5.92 Å². The molecule has 0 aliphatic rings. The standard InChI is InChI=1S/C16H27N/c1-5-12-17-16(13(4)6-2)15-10-8-14(7-3)9-11-15/h8-11,13,16-17H,5-7,12H2,1-4H3. The highest BCUT2D eigenvalue weighted by Crippen LogP contribution is 2.24. The van der Waals surface area contributed by atoms with Crippen molar-refractivity contribution in [2.24, 2.45) is 5.92 Å². The molecule has 1 rings (SSSR count). The molecule has 1 aromatic rings. The van der Waals surface area contributed by atoms with Gasteiger partial charge in [-0.2, -0.15) is 0 Å². The van der Waals surface area contributed by atoms with Crippen LogP contribution in [-0.2, 0) is 6.42 Å². The summed E-state index contributed by atoms with van der Waals surface area (Å²) in [5.41, 5.74) is 2.86. The first-order valence-corrected chi connectivity index (χ1v) is 7.05. The molecule has 1 aromatic carbocycles. The number of hydrogen-bond donors (Lipinski definition) is 1. The Morgan fingerprint density at radius 3 is 2.18 bits per heavy atom. The maximum absolute atomic E-state index is 3.67. The lowest BCUT2D eigenvalue weighted by Gasteiger charge is -2.25. The Morgan fingerprint density at radius 2 is 1.71 bits per heavy atom. The molecule has 0 radical (unpaired) electrons. The van der Waals surface area contributed by atoms with Crippen LogP contribution in [0.2, 0.25) is 0 Å². The maximum Gasteiger partial charge on any atom is 0.0345 e. The van der Waals surface area contributed by atoms with Gasteiger partial charge in [-0.15, -0.1) is 0 Å². The normalized spacial score (nSPS) is 14.6. The molecule has 1 N–H and O–H groups in total. The monoisotopic (exact) mass is 233 g/mol. The van der Waals surface area contributed by atoms with Crippen LogP contribution in [0.5, 0.6) is 0 Å². The molecule has 0 aliphatic heterocycles. The molecule has 1 heteroatoms. The molecule has 0 heterocycles. The highest BCUT2D eigenvalue weighted by molar-refractivity contribution is 5.25. The number of nitrogens with one attached hydrogen (secondary N) is 1. The Morgan fingerprint density at radius 1 is 1.06 bits per heavy atom. The minimum atomic E-state index is 0.505. The smallest absolute Gasteiger partial charge is 0.0345 e. The van der Waals surface area contributed by atoms with E-state index in [0.29, 0.717) is 12.0 Å². The molecule has 0 amide bonds. The fourth-order valence-electron chi connectivity index (χ4n) is 2.14. The van der Waals surface area contributed by atoms with E-state index in [0.717, 1.165) is 13.0 Å². The van der Waals surface area contributed by atoms with Crippen molar-refractivity contribution in [3.8, 4) is 0 Å². The topological polar surface area (TPSA) is 12.0 Å². The minimum Gasteiger partial charge on any atom is -0.310 e. The predicted molar refractivity (Wildman–Crippen MR) is 76.3 cm³/mol. The minimum absolute atomic E-state index is 0.505. The third-order valence-corrected chi connectivity index (χ3v) is 3.57. The molecule has 0 bridgehead atoms. The van der Waals surface area contributed by atoms with Crippen molar-refractivity contribution in [2.45, 2.75) is 53.0 Å². The van der Waals surface area contributed by atoms with Gasteiger partial charge in [0.05, 0.1) is 0 Å². The van der Waals surface area contributed by atoms with Crippen LogP contribution >= 0.6 is 0 Å². The van der Waals surface area contributed by atoms with Crippen LogP contribution in [0.15, 0.2) is 24.3 Å². The second-order valence-electron chi connectivity index (χ2n) is 4.91. The maximum atomic E-state index is 3.67. The summed E-state index contributed by atoms with van der Waals surface area (Å²) in [6.07, 6.45) is 3.54. The van der Waals surface area contributed by atoms with Crippen molar-refractivity contribution in [1.82, 2.24) is 5.32 Å². The van der Waals surface area contributed by atoms with E-state index in [1.54, 1.807) is 0 Å². The van der Waals surface area contributed by atoms with Gasteiger partial charge in [-0.05, 0) is 36.4 Å². The predicted octanol–water partition coefficient (Wildman–Crippen LogP) is 4.34. The summed E-state index contributed by atoms with van der Waals surface area (Å²) in [5.74, 6) is 0.689. The lowest BCUT2D eigenvalue weighted by Crippen LogP contribution is -2.27. The molecule has 96 valence electrons. The molecule has 0 spiro atoms. The van der Waals surface area contributed by atoms with E-state index in [-0.39, 0.29) is 0 Å². The van der Waals surface area contributed by atoms with E-state index in [1.165, 1.54) is 24.0 Å². The highest BCUT2D eigenvalue weighted by atomic mass is 14.9. The molecule has 17 heavy (non-hydrogen) atoms. The Labute approximate surface area is 107 Å². The average Bonchev–Trinajstić information content (AvgIpc) is 2.39. The quantitative estimate of drug-likeness (QED) is 0.739. The van der Waals surface area contributed by atoms with Crippen LogP contribution in [0.1, 0.15) is 57.7 Å². The Kier molecular flexibility index (Phi) is 6.28. The molecule has 0 saturated heterocycles. The van der Waals surface area contributed by atoms with Crippen LogP contribution in [0.25, 0.3) is 0 Å². The van der Waals surface area contributed by atoms with E-state index in [4.69, 9.17) is 0 Å². The number of hydrogen-bond acceptors (Lipinski definition) is 1. The van der Waals surface area contributed by atoms with Gasteiger partial charge in [-0.1, -0.05) is 58.4 Å². The second-order valence-corrected chi connectivity index (χ2v) is 4.91. The summed E-state index contributed by atoms with van der Waals surface area (Å²) in [7, 11) is 0. The average molecular weight is 233 g/mol. The molecule has 0 aliphatic carbocycles. The van der Waals surface area contributed by atoms with Crippen molar-refractivity contribution >= 4 is 0 Å². The van der Waals surface area contributed by atoms with Gasteiger partial charge in [0.15, 0.2) is 0 Å². The molecule has 2 unspecified atom stereocenters. The van der Waals surface area contributed by atoms with E-state index < -0.39 is 0 Å². The molecule has 0 saturated carbocycles. The zero-order valence-corrected chi connectivity index (χ0v) is 11.8. The first-order valence-electron chi connectivity index (χ1n) is 7.05. The Bertz CT molecular complexity index is 302. The molecule has 0 fully saturated rings. The first-order chi connectivity index (χ1) is 8.22. The van der Waals surface area contributed by atoms with Gasteiger partial charge >= 0.3 is 0 Å². The van der Waals surface area contributed by atoms with Crippen LogP contribution < -0.4 is 5.32 Å². The summed E-state index contributed by atoms with van der Waals surface area (Å²) in [5, 5.41) is 3.67. The summed E-state index contributed by atoms with van der Waals surface area (Å²) in [4.78, 5) is 0. The lowest BCUT2D eigenvalue weighted by atomic mass is 9.91. The fraction of sp³-hybridized carbons (Fsp3) is 0.625. The van der Waals surface area contributed by atoms with Crippen LogP contribution in [0.3, 0.4) is 0 Å². The van der Waals surface area contributed by atoms with Gasteiger partial charge in [0.2, 0.25) is 0 Å². The highest BCUT2D eigenvalue weighted by Gasteiger charge is 2.16. The molecule has 2 atom stereocenters.